The molecule has 28 heavy (non-hydrogen) atoms. The van der Waals surface area contributed by atoms with Crippen molar-refractivity contribution >= 4 is 28.9 Å². The van der Waals surface area contributed by atoms with Gasteiger partial charge >= 0.3 is 0 Å². The summed E-state index contributed by atoms with van der Waals surface area (Å²) in [4.78, 5) is 35.1. The Balaban J connectivity index is 2.01. The van der Waals surface area contributed by atoms with Crippen molar-refractivity contribution in [1.82, 2.24) is 0 Å². The van der Waals surface area contributed by atoms with Gasteiger partial charge < -0.3 is 15.5 Å². The van der Waals surface area contributed by atoms with Gasteiger partial charge in [-0.05, 0) is 38.1 Å². The highest BCUT2D eigenvalue weighted by Crippen LogP contribution is 2.17. The number of carbonyl (C=O) groups is 2. The molecule has 2 aromatic rings. The lowest BCUT2D eigenvalue weighted by atomic mass is 10.1. The van der Waals surface area contributed by atoms with Gasteiger partial charge in [0.25, 0.3) is 11.6 Å². The lowest BCUT2D eigenvalue weighted by Gasteiger charge is -2.24. The summed E-state index contributed by atoms with van der Waals surface area (Å²) in [7, 11) is 0. The number of hydrogen-bond donors (Lipinski definition) is 3. The van der Waals surface area contributed by atoms with Crippen LogP contribution in [0, 0.1) is 10.1 Å². The van der Waals surface area contributed by atoms with Gasteiger partial charge in [0, 0.05) is 36.0 Å². The SMILES string of the molecule is CC[NH+](CC(=O)Nc1ccc(NC(C)=O)cc1)[C@H](C)c1cccc([N+](=O)[O-])c1. The van der Waals surface area contributed by atoms with Gasteiger partial charge in [-0.3, -0.25) is 19.7 Å². The van der Waals surface area contributed by atoms with Gasteiger partial charge in [0.15, 0.2) is 6.54 Å². The van der Waals surface area contributed by atoms with Gasteiger partial charge in [0.05, 0.1) is 11.5 Å². The fourth-order valence-electron chi connectivity index (χ4n) is 2.98. The number of nitrogens with one attached hydrogen (secondary N) is 3. The number of benzene rings is 2. The van der Waals surface area contributed by atoms with Crippen LogP contribution in [0.1, 0.15) is 32.4 Å². The van der Waals surface area contributed by atoms with Crippen LogP contribution in [0.25, 0.3) is 0 Å². The minimum Gasteiger partial charge on any atom is -0.326 e. The molecule has 0 spiro atoms. The third-order valence-corrected chi connectivity index (χ3v) is 4.52. The standard InChI is InChI=1S/C20H24N4O4/c1-4-23(14(2)16-6-5-7-19(12-16)24(27)28)13-20(26)22-18-10-8-17(9-11-18)21-15(3)25/h5-12,14H,4,13H2,1-3H3,(H,21,25)(H,22,26)/p+1/t14-/m1/s1. The number of non-ortho nitro benzene ring substituents is 1. The normalized spacial score (nSPS) is 12.7. The van der Waals surface area contributed by atoms with Crippen molar-refractivity contribution in [3.8, 4) is 0 Å². The van der Waals surface area contributed by atoms with Crippen LogP contribution in [-0.4, -0.2) is 29.8 Å². The second kappa shape index (κ2) is 9.61. The van der Waals surface area contributed by atoms with Gasteiger partial charge in [0.2, 0.25) is 5.91 Å². The Morgan fingerprint density at radius 3 is 2.25 bits per heavy atom. The zero-order valence-corrected chi connectivity index (χ0v) is 16.2. The highest BCUT2D eigenvalue weighted by Gasteiger charge is 2.22. The van der Waals surface area contributed by atoms with E-state index in [4.69, 9.17) is 0 Å². The zero-order valence-electron chi connectivity index (χ0n) is 16.2. The average Bonchev–Trinajstić information content (AvgIpc) is 2.66. The molecule has 0 aromatic heterocycles. The Hall–Kier alpha value is -3.26. The quantitative estimate of drug-likeness (QED) is 0.478. The van der Waals surface area contributed by atoms with Crippen molar-refractivity contribution in [3.63, 3.8) is 0 Å². The second-order valence-electron chi connectivity index (χ2n) is 6.57. The first kappa shape index (κ1) is 21.0. The van der Waals surface area contributed by atoms with Crippen LogP contribution in [0.2, 0.25) is 0 Å². The van der Waals surface area contributed by atoms with E-state index in [0.717, 1.165) is 10.5 Å². The minimum atomic E-state index is -0.417. The van der Waals surface area contributed by atoms with Gasteiger partial charge in [-0.15, -0.1) is 0 Å². The fraction of sp³-hybridized carbons (Fsp3) is 0.300. The molecular formula is C20H25N4O4+. The van der Waals surface area contributed by atoms with Crippen LogP contribution in [0.3, 0.4) is 0 Å². The number of amides is 2. The summed E-state index contributed by atoms with van der Waals surface area (Å²) in [5.41, 5.74) is 2.16. The van der Waals surface area contributed by atoms with Crippen molar-refractivity contribution in [2.75, 3.05) is 23.7 Å². The van der Waals surface area contributed by atoms with Crippen molar-refractivity contribution < 1.29 is 19.4 Å². The van der Waals surface area contributed by atoms with E-state index in [9.17, 15) is 19.7 Å². The highest BCUT2D eigenvalue weighted by molar-refractivity contribution is 5.92. The van der Waals surface area contributed by atoms with Crippen molar-refractivity contribution in [2.45, 2.75) is 26.8 Å². The summed E-state index contributed by atoms with van der Waals surface area (Å²) < 4.78 is 0. The summed E-state index contributed by atoms with van der Waals surface area (Å²) in [6.45, 7) is 6.28. The smallest absolute Gasteiger partial charge is 0.279 e. The topological polar surface area (TPSA) is 106 Å². The lowest BCUT2D eigenvalue weighted by Crippen LogP contribution is -3.12. The van der Waals surface area contributed by atoms with Crippen molar-refractivity contribution in [2.24, 2.45) is 0 Å². The predicted octanol–water partition coefficient (Wildman–Crippen LogP) is 2.16. The zero-order chi connectivity index (χ0) is 20.7. The van der Waals surface area contributed by atoms with Crippen LogP contribution in [-0.2, 0) is 9.59 Å². The number of hydrogen-bond acceptors (Lipinski definition) is 4. The Kier molecular flexibility index (Phi) is 7.22. The molecular weight excluding hydrogens is 360 g/mol. The molecule has 0 aliphatic heterocycles. The maximum absolute atomic E-state index is 12.4. The molecule has 0 fully saturated rings. The lowest BCUT2D eigenvalue weighted by molar-refractivity contribution is -0.920. The number of nitrogens with zero attached hydrogens (tertiary/aromatic N) is 1. The summed E-state index contributed by atoms with van der Waals surface area (Å²) >= 11 is 0. The molecule has 2 rings (SSSR count). The van der Waals surface area contributed by atoms with E-state index in [0.29, 0.717) is 17.9 Å². The van der Waals surface area contributed by atoms with Gasteiger partial charge in [-0.1, -0.05) is 12.1 Å². The van der Waals surface area contributed by atoms with Crippen molar-refractivity contribution in [1.29, 1.82) is 0 Å². The maximum Gasteiger partial charge on any atom is 0.279 e. The van der Waals surface area contributed by atoms with Crippen LogP contribution in [0.15, 0.2) is 48.5 Å². The highest BCUT2D eigenvalue weighted by atomic mass is 16.6. The number of carbonyl (C=O) groups excluding carboxylic acids is 2. The molecule has 1 unspecified atom stereocenters. The van der Waals surface area contributed by atoms with Crippen molar-refractivity contribution in [3.05, 3.63) is 64.2 Å². The third kappa shape index (κ3) is 5.88. The molecule has 8 nitrogen and oxygen atoms in total. The molecule has 0 heterocycles. The molecule has 0 aliphatic rings. The molecule has 0 aliphatic carbocycles. The van der Waals surface area contributed by atoms with Gasteiger partial charge in [-0.2, -0.15) is 0 Å². The van der Waals surface area contributed by atoms with Crippen LogP contribution in [0.5, 0.6) is 0 Å². The molecule has 0 saturated carbocycles. The number of nitro groups is 1. The van der Waals surface area contributed by atoms with E-state index >= 15 is 0 Å². The number of quaternary nitrogens is 1. The van der Waals surface area contributed by atoms with Crippen LogP contribution in [0.4, 0.5) is 17.1 Å². The van der Waals surface area contributed by atoms with Gasteiger partial charge in [0.1, 0.15) is 6.04 Å². The third-order valence-electron chi connectivity index (χ3n) is 4.52. The molecule has 0 saturated heterocycles. The monoisotopic (exact) mass is 385 g/mol. The van der Waals surface area contributed by atoms with E-state index in [1.165, 1.54) is 13.0 Å². The largest absolute Gasteiger partial charge is 0.326 e. The van der Waals surface area contributed by atoms with E-state index in [-0.39, 0.29) is 30.1 Å². The van der Waals surface area contributed by atoms with E-state index in [2.05, 4.69) is 10.6 Å². The minimum absolute atomic E-state index is 0.0449. The molecule has 0 radical (unpaired) electrons. The Morgan fingerprint density at radius 1 is 1.11 bits per heavy atom. The fourth-order valence-corrected chi connectivity index (χ4v) is 2.98. The second-order valence-corrected chi connectivity index (χ2v) is 6.57. The average molecular weight is 385 g/mol. The summed E-state index contributed by atoms with van der Waals surface area (Å²) in [5, 5.41) is 16.5. The maximum atomic E-state index is 12.4. The molecule has 2 atom stereocenters. The predicted molar refractivity (Wildman–Crippen MR) is 107 cm³/mol. The number of rotatable bonds is 8. The summed E-state index contributed by atoms with van der Waals surface area (Å²) in [6, 6.07) is 13.3. The van der Waals surface area contributed by atoms with Gasteiger partial charge in [-0.25, -0.2) is 0 Å². The number of nitro benzene ring substituents is 1. The first-order valence-corrected chi connectivity index (χ1v) is 9.06. The molecule has 3 N–H and O–H groups in total. The molecule has 8 heteroatoms. The Labute approximate surface area is 163 Å². The Bertz CT molecular complexity index is 852. The van der Waals surface area contributed by atoms with E-state index in [1.54, 1.807) is 36.4 Å². The molecule has 0 bridgehead atoms. The number of likely N-dealkylation sites (N-methyl/N-ethyl adjacent to an activating group) is 1. The van der Waals surface area contributed by atoms with E-state index in [1.807, 2.05) is 19.9 Å². The summed E-state index contributed by atoms with van der Waals surface area (Å²) in [6.07, 6.45) is 0. The molecule has 148 valence electrons. The van der Waals surface area contributed by atoms with E-state index < -0.39 is 4.92 Å². The Morgan fingerprint density at radius 2 is 1.71 bits per heavy atom. The summed E-state index contributed by atoms with van der Waals surface area (Å²) in [5.74, 6) is -0.310. The number of anilines is 2. The molecule has 2 amide bonds. The molecule has 2 aromatic carbocycles. The van der Waals surface area contributed by atoms with Crippen LogP contribution < -0.4 is 15.5 Å². The first-order chi connectivity index (χ1) is 13.3. The first-order valence-electron chi connectivity index (χ1n) is 9.06. The van der Waals surface area contributed by atoms with Crippen LogP contribution >= 0.6 is 0 Å².